The first-order valence-corrected chi connectivity index (χ1v) is 10.5. The van der Waals surface area contributed by atoms with Gasteiger partial charge in [0.15, 0.2) is 0 Å². The van der Waals surface area contributed by atoms with E-state index in [1.54, 1.807) is 6.92 Å². The number of hydrogen-bond donors (Lipinski definition) is 3. The number of halogens is 1. The van der Waals surface area contributed by atoms with E-state index in [0.717, 1.165) is 23.5 Å². The number of carboxylic acids is 3. The molecule has 0 spiro atoms. The standard InChI is InChI=1S/C18H14FNO8S2/c1-9-4-6-10(7-5-9)30(27,28)20-14(19)12(15(21)22)13(11-3-2-8-29-11)18(20,16(23)24)17(25)26/h2-8,13H,1H3,(H,21,22)(H,23,24)(H,25,26). The van der Waals surface area contributed by atoms with Gasteiger partial charge in [0.05, 0.1) is 10.8 Å². The maximum Gasteiger partial charge on any atom is 0.343 e. The van der Waals surface area contributed by atoms with Crippen LogP contribution in [0.5, 0.6) is 0 Å². The molecule has 158 valence electrons. The van der Waals surface area contributed by atoms with E-state index in [1.165, 1.54) is 29.6 Å². The summed E-state index contributed by atoms with van der Waals surface area (Å²) >= 11 is 0.779. The molecule has 9 nitrogen and oxygen atoms in total. The minimum absolute atomic E-state index is 0.131. The highest BCUT2D eigenvalue weighted by Crippen LogP contribution is 2.52. The number of thiophene rings is 1. The second kappa shape index (κ2) is 7.22. The zero-order valence-electron chi connectivity index (χ0n) is 15.1. The summed E-state index contributed by atoms with van der Waals surface area (Å²) in [6.45, 7) is 1.64. The molecule has 1 aromatic heterocycles. The molecule has 0 radical (unpaired) electrons. The third kappa shape index (κ3) is 2.87. The average molecular weight is 455 g/mol. The van der Waals surface area contributed by atoms with Gasteiger partial charge in [0.1, 0.15) is 5.57 Å². The molecule has 1 atom stereocenters. The summed E-state index contributed by atoms with van der Waals surface area (Å²) < 4.78 is 41.3. The summed E-state index contributed by atoms with van der Waals surface area (Å²) in [5, 5.41) is 30.7. The van der Waals surface area contributed by atoms with Crippen molar-refractivity contribution in [2.45, 2.75) is 23.3 Å². The quantitative estimate of drug-likeness (QED) is 0.442. The lowest BCUT2D eigenvalue weighted by Crippen LogP contribution is -2.61. The molecule has 2 heterocycles. The first kappa shape index (κ1) is 21.5. The largest absolute Gasteiger partial charge is 0.479 e. The Hall–Kier alpha value is -3.25. The summed E-state index contributed by atoms with van der Waals surface area (Å²) in [5.41, 5.74) is -4.11. The lowest BCUT2D eigenvalue weighted by Gasteiger charge is -2.35. The van der Waals surface area contributed by atoms with Crippen LogP contribution in [0.3, 0.4) is 0 Å². The molecule has 2 aromatic rings. The van der Waals surface area contributed by atoms with Gasteiger partial charge in [0.2, 0.25) is 5.95 Å². The molecule has 12 heteroatoms. The summed E-state index contributed by atoms with van der Waals surface area (Å²) in [5.74, 6) is -10.5. The van der Waals surface area contributed by atoms with Crippen molar-refractivity contribution >= 4 is 39.3 Å². The number of carboxylic acid groups (broad SMARTS) is 3. The first-order valence-electron chi connectivity index (χ1n) is 8.22. The number of aliphatic carboxylic acids is 3. The van der Waals surface area contributed by atoms with Crippen LogP contribution in [0, 0.1) is 6.92 Å². The Morgan fingerprint density at radius 2 is 1.63 bits per heavy atom. The predicted octanol–water partition coefficient (Wildman–Crippen LogP) is 2.02. The molecule has 0 saturated heterocycles. The summed E-state index contributed by atoms with van der Waals surface area (Å²) in [7, 11) is -5.11. The van der Waals surface area contributed by atoms with Gasteiger partial charge < -0.3 is 15.3 Å². The molecule has 1 aliphatic rings. The highest BCUT2D eigenvalue weighted by molar-refractivity contribution is 7.89. The number of aryl methyl sites for hydroxylation is 1. The Balaban J connectivity index is 2.42. The molecule has 0 amide bonds. The average Bonchev–Trinajstić information content (AvgIpc) is 3.26. The van der Waals surface area contributed by atoms with Gasteiger partial charge in [-0.05, 0) is 30.5 Å². The predicted molar refractivity (Wildman–Crippen MR) is 101 cm³/mol. The van der Waals surface area contributed by atoms with Crippen molar-refractivity contribution in [2.24, 2.45) is 0 Å². The van der Waals surface area contributed by atoms with Crippen molar-refractivity contribution in [1.29, 1.82) is 0 Å². The second-order valence-electron chi connectivity index (χ2n) is 6.42. The van der Waals surface area contributed by atoms with E-state index in [-0.39, 0.29) is 4.88 Å². The van der Waals surface area contributed by atoms with Crippen molar-refractivity contribution in [3.8, 4) is 0 Å². The summed E-state index contributed by atoms with van der Waals surface area (Å²) in [4.78, 5) is 35.6. The topological polar surface area (TPSA) is 149 Å². The van der Waals surface area contributed by atoms with E-state index in [4.69, 9.17) is 0 Å². The van der Waals surface area contributed by atoms with Gasteiger partial charge >= 0.3 is 17.9 Å². The fourth-order valence-corrected chi connectivity index (χ4v) is 5.88. The van der Waals surface area contributed by atoms with Crippen molar-refractivity contribution in [2.75, 3.05) is 0 Å². The first-order chi connectivity index (χ1) is 14.0. The van der Waals surface area contributed by atoms with Crippen molar-refractivity contribution < 1.29 is 42.5 Å². The number of benzene rings is 1. The van der Waals surface area contributed by atoms with E-state index in [2.05, 4.69) is 0 Å². The second-order valence-corrected chi connectivity index (χ2v) is 9.18. The van der Waals surface area contributed by atoms with Gasteiger partial charge in [0.25, 0.3) is 15.6 Å². The highest BCUT2D eigenvalue weighted by Gasteiger charge is 2.70. The minimum Gasteiger partial charge on any atom is -0.479 e. The fraction of sp³-hybridized carbons (Fsp3) is 0.167. The molecule has 1 unspecified atom stereocenters. The van der Waals surface area contributed by atoms with E-state index < -0.39 is 60.1 Å². The Morgan fingerprint density at radius 1 is 1.07 bits per heavy atom. The minimum atomic E-state index is -5.11. The number of carbonyl (C=O) groups is 3. The number of sulfonamides is 1. The van der Waals surface area contributed by atoms with Crippen LogP contribution >= 0.6 is 11.3 Å². The van der Waals surface area contributed by atoms with Crippen LogP contribution < -0.4 is 0 Å². The Bertz CT molecular complexity index is 1160. The SMILES string of the molecule is Cc1ccc(S(=O)(=O)N2C(F)=C(C(=O)O)C(c3cccs3)C2(C(=O)O)C(=O)O)cc1. The summed E-state index contributed by atoms with van der Waals surface area (Å²) in [6.07, 6.45) is 0. The molecular formula is C18H14FNO8S2. The molecule has 30 heavy (non-hydrogen) atoms. The maximum absolute atomic E-state index is 15.3. The molecule has 3 rings (SSSR count). The normalized spacial score (nSPS) is 18.5. The van der Waals surface area contributed by atoms with Crippen LogP contribution in [-0.2, 0) is 24.4 Å². The molecule has 1 aliphatic heterocycles. The van der Waals surface area contributed by atoms with Crippen molar-refractivity contribution in [3.63, 3.8) is 0 Å². The Labute approximate surface area is 173 Å². The highest BCUT2D eigenvalue weighted by atomic mass is 32.2. The monoisotopic (exact) mass is 455 g/mol. The third-order valence-electron chi connectivity index (χ3n) is 4.70. The Kier molecular flexibility index (Phi) is 5.16. The molecule has 0 bridgehead atoms. The van der Waals surface area contributed by atoms with Gasteiger partial charge in [-0.15, -0.1) is 11.3 Å². The van der Waals surface area contributed by atoms with Crippen LogP contribution in [0.15, 0.2) is 58.2 Å². The molecule has 0 aliphatic carbocycles. The maximum atomic E-state index is 15.3. The third-order valence-corrected chi connectivity index (χ3v) is 7.43. The lowest BCUT2D eigenvalue weighted by atomic mass is 9.80. The van der Waals surface area contributed by atoms with Crippen molar-refractivity contribution in [1.82, 2.24) is 4.31 Å². The molecule has 1 aromatic carbocycles. The lowest BCUT2D eigenvalue weighted by molar-refractivity contribution is -0.163. The van der Waals surface area contributed by atoms with Gasteiger partial charge in [-0.1, -0.05) is 23.8 Å². The Morgan fingerprint density at radius 3 is 2.07 bits per heavy atom. The smallest absolute Gasteiger partial charge is 0.343 e. The van der Waals surface area contributed by atoms with Gasteiger partial charge in [0, 0.05) is 4.88 Å². The van der Waals surface area contributed by atoms with E-state index in [1.807, 2.05) is 0 Å². The molecule has 0 saturated carbocycles. The van der Waals surface area contributed by atoms with E-state index in [0.29, 0.717) is 5.56 Å². The van der Waals surface area contributed by atoms with Crippen molar-refractivity contribution in [3.05, 3.63) is 63.7 Å². The van der Waals surface area contributed by atoms with Crippen LogP contribution in [0.2, 0.25) is 0 Å². The van der Waals surface area contributed by atoms with E-state index >= 15 is 4.39 Å². The van der Waals surface area contributed by atoms with Crippen LogP contribution in [0.1, 0.15) is 16.4 Å². The zero-order valence-corrected chi connectivity index (χ0v) is 16.8. The van der Waals surface area contributed by atoms with Gasteiger partial charge in [-0.2, -0.15) is 4.39 Å². The molecular weight excluding hydrogens is 441 g/mol. The van der Waals surface area contributed by atoms with Gasteiger partial charge in [-0.25, -0.2) is 27.1 Å². The zero-order chi connectivity index (χ0) is 22.4. The number of rotatable bonds is 6. The van der Waals surface area contributed by atoms with Gasteiger partial charge in [-0.3, -0.25) is 0 Å². The van der Waals surface area contributed by atoms with E-state index in [9.17, 15) is 38.1 Å². The number of hydrogen-bond acceptors (Lipinski definition) is 6. The van der Waals surface area contributed by atoms with Crippen LogP contribution in [-0.4, -0.2) is 51.5 Å². The fourth-order valence-electron chi connectivity index (χ4n) is 3.35. The molecule has 3 N–H and O–H groups in total. The summed E-state index contributed by atoms with van der Waals surface area (Å²) in [6, 6.07) is 7.39. The van der Waals surface area contributed by atoms with Crippen LogP contribution in [0.25, 0.3) is 0 Å². The number of nitrogens with zero attached hydrogens (tertiary/aromatic N) is 1. The van der Waals surface area contributed by atoms with Crippen LogP contribution in [0.4, 0.5) is 4.39 Å². The molecule has 0 fully saturated rings.